The molecular weight excluding hydrogens is 268 g/mol. The number of amides is 1. The molecule has 2 rings (SSSR count). The lowest BCUT2D eigenvalue weighted by atomic mass is 10.1. The van der Waals surface area contributed by atoms with Crippen molar-refractivity contribution < 1.29 is 4.79 Å². The maximum absolute atomic E-state index is 12.3. The van der Waals surface area contributed by atoms with Crippen molar-refractivity contribution in [1.82, 2.24) is 5.32 Å². The molecule has 0 saturated heterocycles. The molecule has 0 fully saturated rings. The van der Waals surface area contributed by atoms with E-state index in [2.05, 4.69) is 30.5 Å². The lowest BCUT2D eigenvalue weighted by Crippen LogP contribution is -2.44. The Balaban J connectivity index is 1.90. The number of fused-ring (bicyclic) bond motifs is 1. The Morgan fingerprint density at radius 1 is 1.45 bits per heavy atom. The van der Waals surface area contributed by atoms with Crippen molar-refractivity contribution in [2.24, 2.45) is 0 Å². The van der Waals surface area contributed by atoms with Crippen LogP contribution in [0.1, 0.15) is 32.3 Å². The number of thioether (sulfide) groups is 1. The van der Waals surface area contributed by atoms with Gasteiger partial charge in [0, 0.05) is 11.7 Å². The van der Waals surface area contributed by atoms with E-state index in [1.807, 2.05) is 30.0 Å². The summed E-state index contributed by atoms with van der Waals surface area (Å²) in [5.41, 5.74) is 2.20. The summed E-state index contributed by atoms with van der Waals surface area (Å²) in [7, 11) is 0. The number of aryl methyl sites for hydroxylation is 1. The average Bonchev–Trinajstić information content (AvgIpc) is 2.59. The second-order valence-electron chi connectivity index (χ2n) is 5.29. The SMILES string of the molecule is CCSCCC(C)NC1CCc2ccccc2NC1=O. The second-order valence-corrected chi connectivity index (χ2v) is 6.68. The lowest BCUT2D eigenvalue weighted by molar-refractivity contribution is -0.118. The molecule has 0 aromatic heterocycles. The van der Waals surface area contributed by atoms with Crippen LogP contribution in [0.5, 0.6) is 0 Å². The van der Waals surface area contributed by atoms with Crippen LogP contribution in [0.15, 0.2) is 24.3 Å². The molecule has 1 aromatic rings. The van der Waals surface area contributed by atoms with Crippen molar-refractivity contribution in [2.75, 3.05) is 16.8 Å². The number of rotatable bonds is 6. The van der Waals surface area contributed by atoms with E-state index in [1.165, 1.54) is 5.56 Å². The van der Waals surface area contributed by atoms with E-state index >= 15 is 0 Å². The Hall–Kier alpha value is -1.00. The van der Waals surface area contributed by atoms with Crippen molar-refractivity contribution in [2.45, 2.75) is 45.2 Å². The molecule has 1 aliphatic rings. The molecule has 110 valence electrons. The quantitative estimate of drug-likeness (QED) is 0.792. The van der Waals surface area contributed by atoms with Crippen molar-refractivity contribution in [1.29, 1.82) is 0 Å². The fourth-order valence-electron chi connectivity index (χ4n) is 2.50. The lowest BCUT2D eigenvalue weighted by Gasteiger charge is -2.20. The van der Waals surface area contributed by atoms with Crippen LogP contribution in [0.2, 0.25) is 0 Å². The van der Waals surface area contributed by atoms with Gasteiger partial charge >= 0.3 is 0 Å². The minimum atomic E-state index is -0.0796. The zero-order valence-corrected chi connectivity index (χ0v) is 13.1. The number of hydrogen-bond acceptors (Lipinski definition) is 3. The van der Waals surface area contributed by atoms with E-state index in [1.54, 1.807) is 0 Å². The van der Waals surface area contributed by atoms with Crippen molar-refractivity contribution in [3.8, 4) is 0 Å². The maximum atomic E-state index is 12.3. The fourth-order valence-corrected chi connectivity index (χ4v) is 3.31. The molecule has 4 heteroatoms. The topological polar surface area (TPSA) is 41.1 Å². The summed E-state index contributed by atoms with van der Waals surface area (Å²) in [5, 5.41) is 6.52. The normalized spacial score (nSPS) is 19.9. The summed E-state index contributed by atoms with van der Waals surface area (Å²) in [4.78, 5) is 12.3. The largest absolute Gasteiger partial charge is 0.324 e. The first kappa shape index (κ1) is 15.4. The molecule has 0 spiro atoms. The molecule has 2 atom stereocenters. The Morgan fingerprint density at radius 2 is 2.25 bits per heavy atom. The highest BCUT2D eigenvalue weighted by Crippen LogP contribution is 2.21. The predicted molar refractivity (Wildman–Crippen MR) is 87.4 cm³/mol. The van der Waals surface area contributed by atoms with Gasteiger partial charge in [0.1, 0.15) is 0 Å². The van der Waals surface area contributed by atoms with Crippen molar-refractivity contribution in [3.63, 3.8) is 0 Å². The molecule has 1 aliphatic heterocycles. The number of carbonyl (C=O) groups is 1. The summed E-state index contributed by atoms with van der Waals surface area (Å²) < 4.78 is 0. The number of anilines is 1. The van der Waals surface area contributed by atoms with Gasteiger partial charge in [-0.3, -0.25) is 4.79 Å². The van der Waals surface area contributed by atoms with Crippen LogP contribution >= 0.6 is 11.8 Å². The Morgan fingerprint density at radius 3 is 3.05 bits per heavy atom. The van der Waals surface area contributed by atoms with E-state index in [9.17, 15) is 4.79 Å². The predicted octanol–water partition coefficient (Wildman–Crippen LogP) is 3.06. The van der Waals surface area contributed by atoms with Gasteiger partial charge in [0.05, 0.1) is 6.04 Å². The van der Waals surface area contributed by atoms with Crippen LogP contribution in [-0.2, 0) is 11.2 Å². The standard InChI is InChI=1S/C16H24N2OS/c1-3-20-11-10-12(2)17-15-9-8-13-6-4-5-7-14(13)18-16(15)19/h4-7,12,15,17H,3,8-11H2,1-2H3,(H,18,19). The van der Waals surface area contributed by atoms with Crippen LogP contribution in [0.25, 0.3) is 0 Å². The van der Waals surface area contributed by atoms with Crippen LogP contribution in [0.4, 0.5) is 5.69 Å². The van der Waals surface area contributed by atoms with Gasteiger partial charge in [-0.2, -0.15) is 11.8 Å². The summed E-state index contributed by atoms with van der Waals surface area (Å²) in [6.07, 6.45) is 2.92. The molecule has 0 radical (unpaired) electrons. The van der Waals surface area contributed by atoms with Gasteiger partial charge in [-0.05, 0) is 49.3 Å². The molecule has 1 aromatic carbocycles. The van der Waals surface area contributed by atoms with Crippen LogP contribution < -0.4 is 10.6 Å². The second kappa shape index (κ2) is 7.70. The van der Waals surface area contributed by atoms with Gasteiger partial charge in [0.15, 0.2) is 0 Å². The molecule has 0 aliphatic carbocycles. The van der Waals surface area contributed by atoms with E-state index in [0.29, 0.717) is 6.04 Å². The first-order valence-corrected chi connectivity index (χ1v) is 8.58. The fraction of sp³-hybridized carbons (Fsp3) is 0.562. The molecule has 1 heterocycles. The first-order valence-electron chi connectivity index (χ1n) is 7.43. The molecule has 0 bridgehead atoms. The number of para-hydroxylation sites is 1. The van der Waals surface area contributed by atoms with Gasteiger partial charge in [-0.1, -0.05) is 25.1 Å². The third kappa shape index (κ3) is 4.25. The zero-order valence-electron chi connectivity index (χ0n) is 12.3. The molecule has 0 saturated carbocycles. The summed E-state index contributed by atoms with van der Waals surface area (Å²) in [6.45, 7) is 4.35. The third-order valence-corrected chi connectivity index (χ3v) is 4.61. The van der Waals surface area contributed by atoms with Gasteiger partial charge in [-0.15, -0.1) is 0 Å². The van der Waals surface area contributed by atoms with Gasteiger partial charge in [0.25, 0.3) is 0 Å². The zero-order chi connectivity index (χ0) is 14.4. The minimum Gasteiger partial charge on any atom is -0.324 e. The van der Waals surface area contributed by atoms with E-state index in [4.69, 9.17) is 0 Å². The van der Waals surface area contributed by atoms with Crippen LogP contribution in [0, 0.1) is 0 Å². The summed E-state index contributed by atoms with van der Waals surface area (Å²) >= 11 is 1.95. The molecular formula is C16H24N2OS. The van der Waals surface area contributed by atoms with Crippen LogP contribution in [0.3, 0.4) is 0 Å². The number of carbonyl (C=O) groups excluding carboxylic acids is 1. The smallest absolute Gasteiger partial charge is 0.241 e. The minimum absolute atomic E-state index is 0.0796. The maximum Gasteiger partial charge on any atom is 0.241 e. The van der Waals surface area contributed by atoms with Crippen LogP contribution in [-0.4, -0.2) is 29.5 Å². The molecule has 2 N–H and O–H groups in total. The molecule has 2 unspecified atom stereocenters. The highest BCUT2D eigenvalue weighted by molar-refractivity contribution is 7.99. The third-order valence-electron chi connectivity index (χ3n) is 3.68. The van der Waals surface area contributed by atoms with Gasteiger partial charge < -0.3 is 10.6 Å². The van der Waals surface area contributed by atoms with E-state index < -0.39 is 0 Å². The highest BCUT2D eigenvalue weighted by Gasteiger charge is 2.24. The number of benzene rings is 1. The summed E-state index contributed by atoms with van der Waals surface area (Å²) in [6, 6.07) is 8.38. The van der Waals surface area contributed by atoms with E-state index in [-0.39, 0.29) is 11.9 Å². The van der Waals surface area contributed by atoms with Crippen molar-refractivity contribution in [3.05, 3.63) is 29.8 Å². The molecule has 1 amide bonds. The number of hydrogen-bond donors (Lipinski definition) is 2. The van der Waals surface area contributed by atoms with E-state index in [0.717, 1.165) is 36.5 Å². The van der Waals surface area contributed by atoms with Gasteiger partial charge in [0.2, 0.25) is 5.91 Å². The Kier molecular flexibility index (Phi) is 5.92. The molecule has 3 nitrogen and oxygen atoms in total. The highest BCUT2D eigenvalue weighted by atomic mass is 32.2. The first-order chi connectivity index (χ1) is 9.70. The Bertz CT molecular complexity index is 450. The van der Waals surface area contributed by atoms with Gasteiger partial charge in [-0.25, -0.2) is 0 Å². The molecule has 20 heavy (non-hydrogen) atoms. The summed E-state index contributed by atoms with van der Waals surface area (Å²) in [5.74, 6) is 2.41. The monoisotopic (exact) mass is 292 g/mol. The average molecular weight is 292 g/mol. The Labute approximate surface area is 125 Å². The number of nitrogens with one attached hydrogen (secondary N) is 2. The van der Waals surface area contributed by atoms with Crippen molar-refractivity contribution >= 4 is 23.4 Å².